The number of carbonyl (C=O) groups excluding carboxylic acids is 1. The van der Waals surface area contributed by atoms with Gasteiger partial charge in [0.2, 0.25) is 5.91 Å². The molecule has 4 heteroatoms. The van der Waals surface area contributed by atoms with Gasteiger partial charge >= 0.3 is 0 Å². The number of piperidine rings is 1. The average molecular weight is 269 g/mol. The Labute approximate surface area is 118 Å². The van der Waals surface area contributed by atoms with Gasteiger partial charge in [-0.25, -0.2) is 4.98 Å². The fourth-order valence-corrected chi connectivity index (χ4v) is 2.81. The fourth-order valence-electron chi connectivity index (χ4n) is 2.81. The maximum Gasteiger partial charge on any atom is 0.219 e. The summed E-state index contributed by atoms with van der Waals surface area (Å²) in [5.74, 6) is 1.07. The van der Waals surface area contributed by atoms with Gasteiger partial charge in [-0.3, -0.25) is 4.79 Å². The van der Waals surface area contributed by atoms with Gasteiger partial charge in [0.1, 0.15) is 5.82 Å². The Bertz CT molecular complexity index is 621. The first-order valence-corrected chi connectivity index (χ1v) is 7.10. The molecule has 0 spiro atoms. The van der Waals surface area contributed by atoms with E-state index in [9.17, 15) is 4.79 Å². The van der Waals surface area contributed by atoms with Crippen molar-refractivity contribution < 1.29 is 4.79 Å². The van der Waals surface area contributed by atoms with E-state index >= 15 is 0 Å². The normalized spacial score (nSPS) is 19.1. The second-order valence-corrected chi connectivity index (χ2v) is 5.33. The largest absolute Gasteiger partial charge is 0.365 e. The summed E-state index contributed by atoms with van der Waals surface area (Å²) in [6.45, 7) is 3.27. The second-order valence-electron chi connectivity index (χ2n) is 5.33. The third-order valence-electron chi connectivity index (χ3n) is 3.88. The Balaban J connectivity index is 1.81. The molecule has 1 aliphatic rings. The molecular formula is C16H19N3O. The monoisotopic (exact) mass is 269 g/mol. The van der Waals surface area contributed by atoms with Crippen molar-refractivity contribution in [1.82, 2.24) is 9.88 Å². The molecule has 0 bridgehead atoms. The molecule has 0 aliphatic carbocycles. The quantitative estimate of drug-likeness (QED) is 0.911. The Kier molecular flexibility index (Phi) is 3.54. The van der Waals surface area contributed by atoms with Crippen molar-refractivity contribution in [3.8, 4) is 0 Å². The zero-order valence-corrected chi connectivity index (χ0v) is 11.7. The van der Waals surface area contributed by atoms with Crippen LogP contribution >= 0.6 is 0 Å². The first kappa shape index (κ1) is 12.9. The lowest BCUT2D eigenvalue weighted by Crippen LogP contribution is -2.44. The molecule has 1 unspecified atom stereocenters. The van der Waals surface area contributed by atoms with Crippen molar-refractivity contribution in [3.63, 3.8) is 0 Å². The number of pyridine rings is 1. The molecule has 1 aliphatic heterocycles. The first-order chi connectivity index (χ1) is 9.74. The van der Waals surface area contributed by atoms with Gasteiger partial charge in [-0.1, -0.05) is 24.3 Å². The number of carbonyl (C=O) groups is 1. The molecule has 1 aromatic carbocycles. The standard InChI is InChI=1S/C16H19N3O/c1-12(20)19-10-4-6-14(11-19)18-16-15-7-3-2-5-13(15)8-9-17-16/h2-3,5,7-9,14H,4,6,10-11H2,1H3,(H,17,18). The molecule has 0 radical (unpaired) electrons. The summed E-state index contributed by atoms with van der Waals surface area (Å²) in [4.78, 5) is 17.9. The minimum Gasteiger partial charge on any atom is -0.365 e. The summed E-state index contributed by atoms with van der Waals surface area (Å²) in [5, 5.41) is 5.82. The number of amides is 1. The van der Waals surface area contributed by atoms with E-state index in [1.54, 1.807) is 6.92 Å². The van der Waals surface area contributed by atoms with E-state index in [4.69, 9.17) is 0 Å². The number of rotatable bonds is 2. The highest BCUT2D eigenvalue weighted by Gasteiger charge is 2.21. The van der Waals surface area contributed by atoms with Gasteiger partial charge < -0.3 is 10.2 Å². The van der Waals surface area contributed by atoms with Crippen molar-refractivity contribution in [1.29, 1.82) is 0 Å². The van der Waals surface area contributed by atoms with Gasteiger partial charge in [0.05, 0.1) is 0 Å². The summed E-state index contributed by atoms with van der Waals surface area (Å²) < 4.78 is 0. The van der Waals surface area contributed by atoms with Crippen molar-refractivity contribution >= 4 is 22.5 Å². The van der Waals surface area contributed by atoms with E-state index in [1.807, 2.05) is 29.3 Å². The number of fused-ring (bicyclic) bond motifs is 1. The van der Waals surface area contributed by atoms with Crippen LogP contribution in [0.15, 0.2) is 36.5 Å². The van der Waals surface area contributed by atoms with Gasteiger partial charge in [-0.15, -0.1) is 0 Å². The number of hydrogen-bond acceptors (Lipinski definition) is 3. The SMILES string of the molecule is CC(=O)N1CCCC(Nc2nccc3ccccc23)C1. The van der Waals surface area contributed by atoms with E-state index in [2.05, 4.69) is 22.4 Å². The third kappa shape index (κ3) is 2.59. The van der Waals surface area contributed by atoms with Crippen LogP contribution in [0.4, 0.5) is 5.82 Å². The van der Waals surface area contributed by atoms with Gasteiger partial charge in [0, 0.05) is 37.6 Å². The van der Waals surface area contributed by atoms with E-state index < -0.39 is 0 Å². The Hall–Kier alpha value is -2.10. The maximum absolute atomic E-state index is 11.5. The van der Waals surface area contributed by atoms with E-state index in [0.717, 1.165) is 37.1 Å². The van der Waals surface area contributed by atoms with Crippen LogP contribution in [0.3, 0.4) is 0 Å². The van der Waals surface area contributed by atoms with Crippen LogP contribution in [0.5, 0.6) is 0 Å². The summed E-state index contributed by atoms with van der Waals surface area (Å²) in [5.41, 5.74) is 0. The van der Waals surface area contributed by atoms with E-state index in [0.29, 0.717) is 0 Å². The topological polar surface area (TPSA) is 45.2 Å². The highest BCUT2D eigenvalue weighted by molar-refractivity contribution is 5.91. The Morgan fingerprint density at radius 2 is 2.20 bits per heavy atom. The highest BCUT2D eigenvalue weighted by atomic mass is 16.2. The minimum absolute atomic E-state index is 0.155. The molecule has 0 saturated carbocycles. The smallest absolute Gasteiger partial charge is 0.219 e. The van der Waals surface area contributed by atoms with Gasteiger partial charge in [-0.2, -0.15) is 0 Å². The highest BCUT2D eigenvalue weighted by Crippen LogP contribution is 2.23. The number of nitrogens with zero attached hydrogens (tertiary/aromatic N) is 2. The number of benzene rings is 1. The van der Waals surface area contributed by atoms with Gasteiger partial charge in [0.25, 0.3) is 0 Å². The molecule has 104 valence electrons. The van der Waals surface area contributed by atoms with Crippen LogP contribution in [0.1, 0.15) is 19.8 Å². The molecule has 1 atom stereocenters. The fraction of sp³-hybridized carbons (Fsp3) is 0.375. The number of nitrogens with one attached hydrogen (secondary N) is 1. The minimum atomic E-state index is 0.155. The zero-order chi connectivity index (χ0) is 13.9. The predicted molar refractivity (Wildman–Crippen MR) is 80.6 cm³/mol. The lowest BCUT2D eigenvalue weighted by atomic mass is 10.1. The molecular weight excluding hydrogens is 250 g/mol. The maximum atomic E-state index is 11.5. The van der Waals surface area contributed by atoms with Crippen molar-refractivity contribution in [2.24, 2.45) is 0 Å². The second kappa shape index (κ2) is 5.49. The average Bonchev–Trinajstić information content (AvgIpc) is 2.48. The van der Waals surface area contributed by atoms with Crippen LogP contribution in [-0.2, 0) is 4.79 Å². The van der Waals surface area contributed by atoms with Crippen LogP contribution in [0.2, 0.25) is 0 Å². The lowest BCUT2D eigenvalue weighted by Gasteiger charge is -2.33. The third-order valence-corrected chi connectivity index (χ3v) is 3.88. The lowest BCUT2D eigenvalue weighted by molar-refractivity contribution is -0.129. The van der Waals surface area contributed by atoms with Gasteiger partial charge in [-0.05, 0) is 24.3 Å². The summed E-state index contributed by atoms with van der Waals surface area (Å²) >= 11 is 0. The van der Waals surface area contributed by atoms with Crippen molar-refractivity contribution in [3.05, 3.63) is 36.5 Å². The number of hydrogen-bond donors (Lipinski definition) is 1. The van der Waals surface area contributed by atoms with Crippen LogP contribution in [0.25, 0.3) is 10.8 Å². The number of aromatic nitrogens is 1. The Morgan fingerprint density at radius 1 is 1.35 bits per heavy atom. The van der Waals surface area contributed by atoms with Gasteiger partial charge in [0.15, 0.2) is 0 Å². The molecule has 4 nitrogen and oxygen atoms in total. The van der Waals surface area contributed by atoms with Crippen molar-refractivity contribution in [2.75, 3.05) is 18.4 Å². The van der Waals surface area contributed by atoms with Crippen LogP contribution < -0.4 is 5.32 Å². The first-order valence-electron chi connectivity index (χ1n) is 7.10. The predicted octanol–water partition coefficient (Wildman–Crippen LogP) is 2.66. The molecule has 1 fully saturated rings. The summed E-state index contributed by atoms with van der Waals surface area (Å²) in [7, 11) is 0. The number of likely N-dealkylation sites (tertiary alicyclic amines) is 1. The molecule has 20 heavy (non-hydrogen) atoms. The number of anilines is 1. The van der Waals surface area contributed by atoms with Crippen LogP contribution in [0, 0.1) is 0 Å². The Morgan fingerprint density at radius 3 is 3.05 bits per heavy atom. The molecule has 1 amide bonds. The van der Waals surface area contributed by atoms with Crippen molar-refractivity contribution in [2.45, 2.75) is 25.8 Å². The molecule has 2 heterocycles. The molecule has 1 saturated heterocycles. The molecule has 3 rings (SSSR count). The van der Waals surface area contributed by atoms with E-state index in [1.165, 1.54) is 5.39 Å². The molecule has 1 aromatic heterocycles. The molecule has 1 N–H and O–H groups in total. The molecule has 2 aromatic rings. The summed E-state index contributed by atoms with van der Waals surface area (Å²) in [6.07, 6.45) is 3.95. The zero-order valence-electron chi connectivity index (χ0n) is 11.7. The van der Waals surface area contributed by atoms with E-state index in [-0.39, 0.29) is 11.9 Å². The summed E-state index contributed by atoms with van der Waals surface area (Å²) in [6, 6.07) is 10.5. The van der Waals surface area contributed by atoms with Crippen LogP contribution in [-0.4, -0.2) is 34.9 Å².